The summed E-state index contributed by atoms with van der Waals surface area (Å²) in [6, 6.07) is 5.62. The summed E-state index contributed by atoms with van der Waals surface area (Å²) in [4.78, 5) is 1.16. The minimum Gasteiger partial charge on any atom is -0.205 e. The van der Waals surface area contributed by atoms with Crippen LogP contribution in [0.4, 0.5) is 4.39 Å². The van der Waals surface area contributed by atoms with Gasteiger partial charge in [-0.25, -0.2) is 4.39 Å². The molecule has 1 aromatic heterocycles. The van der Waals surface area contributed by atoms with Crippen LogP contribution >= 0.6 is 11.3 Å². The average Bonchev–Trinajstić information content (AvgIpc) is 2.29. The predicted octanol–water partition coefficient (Wildman–Crippen LogP) is 3.66. The van der Waals surface area contributed by atoms with Gasteiger partial charge < -0.3 is 0 Å². The van der Waals surface area contributed by atoms with Gasteiger partial charge in [0.15, 0.2) is 0 Å². The Labute approximate surface area is 74.6 Å². The first-order chi connectivity index (χ1) is 5.66. The molecule has 62 valence electrons. The molecule has 0 fully saturated rings. The van der Waals surface area contributed by atoms with Gasteiger partial charge in [0.25, 0.3) is 0 Å². The molecule has 0 saturated carbocycles. The SMILES string of the molecule is Cc1cc(F)c2sc(C)cc2c1. The quantitative estimate of drug-likeness (QED) is 0.580. The van der Waals surface area contributed by atoms with E-state index in [0.717, 1.165) is 20.5 Å². The molecule has 0 N–H and O–H groups in total. The molecule has 2 aromatic rings. The lowest BCUT2D eigenvalue weighted by molar-refractivity contribution is 0.640. The van der Waals surface area contributed by atoms with Crippen molar-refractivity contribution in [2.45, 2.75) is 13.8 Å². The van der Waals surface area contributed by atoms with Gasteiger partial charge in [-0.3, -0.25) is 0 Å². The monoisotopic (exact) mass is 180 g/mol. The van der Waals surface area contributed by atoms with Crippen LogP contribution in [0, 0.1) is 19.7 Å². The summed E-state index contributed by atoms with van der Waals surface area (Å²) in [6.45, 7) is 3.91. The summed E-state index contributed by atoms with van der Waals surface area (Å²) < 4.78 is 14.0. The third-order valence-electron chi connectivity index (χ3n) is 1.84. The zero-order valence-corrected chi connectivity index (χ0v) is 7.83. The summed E-state index contributed by atoms with van der Waals surface area (Å²) >= 11 is 1.51. The molecule has 0 aliphatic heterocycles. The molecule has 2 rings (SSSR count). The van der Waals surface area contributed by atoms with Gasteiger partial charge in [-0.2, -0.15) is 0 Å². The van der Waals surface area contributed by atoms with E-state index in [1.54, 1.807) is 6.07 Å². The van der Waals surface area contributed by atoms with Gasteiger partial charge in [-0.1, -0.05) is 6.07 Å². The Hall–Kier alpha value is -0.890. The molecular weight excluding hydrogens is 171 g/mol. The van der Waals surface area contributed by atoms with Gasteiger partial charge in [0, 0.05) is 4.88 Å². The van der Waals surface area contributed by atoms with E-state index in [1.807, 2.05) is 26.0 Å². The van der Waals surface area contributed by atoms with Crippen molar-refractivity contribution >= 4 is 21.4 Å². The molecule has 0 radical (unpaired) electrons. The van der Waals surface area contributed by atoms with Crippen molar-refractivity contribution in [3.8, 4) is 0 Å². The lowest BCUT2D eigenvalue weighted by Gasteiger charge is -1.94. The molecule has 2 heteroatoms. The molecule has 0 aliphatic rings. The molecule has 0 unspecified atom stereocenters. The van der Waals surface area contributed by atoms with E-state index in [-0.39, 0.29) is 5.82 Å². The number of benzene rings is 1. The van der Waals surface area contributed by atoms with E-state index in [2.05, 4.69) is 0 Å². The van der Waals surface area contributed by atoms with Crippen LogP contribution in [0.25, 0.3) is 10.1 Å². The summed E-state index contributed by atoms with van der Waals surface area (Å²) in [5.41, 5.74) is 0.984. The molecule has 0 spiro atoms. The second-order valence-corrected chi connectivity index (χ2v) is 4.28. The van der Waals surface area contributed by atoms with Crippen molar-refractivity contribution in [2.24, 2.45) is 0 Å². The predicted molar refractivity (Wildman–Crippen MR) is 51.3 cm³/mol. The largest absolute Gasteiger partial charge is 0.205 e. The zero-order chi connectivity index (χ0) is 8.72. The van der Waals surface area contributed by atoms with Gasteiger partial charge in [-0.15, -0.1) is 11.3 Å². The van der Waals surface area contributed by atoms with Crippen LogP contribution in [-0.4, -0.2) is 0 Å². The Bertz CT molecular complexity index is 429. The van der Waals surface area contributed by atoms with Crippen molar-refractivity contribution in [3.05, 3.63) is 34.5 Å². The first kappa shape index (κ1) is 7.74. The summed E-state index contributed by atoms with van der Waals surface area (Å²) in [7, 11) is 0. The van der Waals surface area contributed by atoms with Crippen LogP contribution in [0.3, 0.4) is 0 Å². The molecule has 0 nitrogen and oxygen atoms in total. The van der Waals surface area contributed by atoms with Crippen LogP contribution in [-0.2, 0) is 0 Å². The second kappa shape index (κ2) is 2.56. The summed E-state index contributed by atoms with van der Waals surface area (Å²) in [5.74, 6) is -0.0944. The third kappa shape index (κ3) is 1.12. The summed E-state index contributed by atoms with van der Waals surface area (Å²) in [5, 5.41) is 1.02. The van der Waals surface area contributed by atoms with Crippen LogP contribution in [0.5, 0.6) is 0 Å². The molecule has 0 saturated heterocycles. The topological polar surface area (TPSA) is 0 Å². The highest BCUT2D eigenvalue weighted by atomic mass is 32.1. The number of aryl methyl sites for hydroxylation is 2. The van der Waals surface area contributed by atoms with Gasteiger partial charge in [0.2, 0.25) is 0 Å². The van der Waals surface area contributed by atoms with Crippen molar-refractivity contribution in [2.75, 3.05) is 0 Å². The highest BCUT2D eigenvalue weighted by Crippen LogP contribution is 2.28. The van der Waals surface area contributed by atoms with E-state index in [4.69, 9.17) is 0 Å². The minimum atomic E-state index is -0.0944. The van der Waals surface area contributed by atoms with Gasteiger partial charge >= 0.3 is 0 Å². The average molecular weight is 180 g/mol. The Kier molecular flexibility index (Phi) is 1.65. The minimum absolute atomic E-state index is 0.0944. The maximum atomic E-state index is 13.3. The molecular formula is C10H9FS. The van der Waals surface area contributed by atoms with E-state index in [9.17, 15) is 4.39 Å². The van der Waals surface area contributed by atoms with Crippen molar-refractivity contribution < 1.29 is 4.39 Å². The van der Waals surface area contributed by atoms with Crippen molar-refractivity contribution in [3.63, 3.8) is 0 Å². The Morgan fingerprint density at radius 1 is 1.17 bits per heavy atom. The number of fused-ring (bicyclic) bond motifs is 1. The smallest absolute Gasteiger partial charge is 0.141 e. The molecule has 1 aromatic carbocycles. The first-order valence-electron chi connectivity index (χ1n) is 3.83. The van der Waals surface area contributed by atoms with Crippen LogP contribution < -0.4 is 0 Å². The highest BCUT2D eigenvalue weighted by Gasteiger charge is 2.04. The molecule has 0 aliphatic carbocycles. The molecule has 0 atom stereocenters. The van der Waals surface area contributed by atoms with Gasteiger partial charge in [0.1, 0.15) is 5.82 Å². The molecule has 0 amide bonds. The Morgan fingerprint density at radius 3 is 2.67 bits per heavy atom. The number of hydrogen-bond acceptors (Lipinski definition) is 1. The van der Waals surface area contributed by atoms with E-state index in [0.29, 0.717) is 0 Å². The number of rotatable bonds is 0. The van der Waals surface area contributed by atoms with Crippen LogP contribution in [0.1, 0.15) is 10.4 Å². The van der Waals surface area contributed by atoms with Crippen molar-refractivity contribution in [1.82, 2.24) is 0 Å². The van der Waals surface area contributed by atoms with Crippen molar-refractivity contribution in [1.29, 1.82) is 0 Å². The van der Waals surface area contributed by atoms with E-state index < -0.39 is 0 Å². The van der Waals surface area contributed by atoms with E-state index >= 15 is 0 Å². The fourth-order valence-corrected chi connectivity index (χ4v) is 2.28. The normalized spacial score (nSPS) is 10.9. The highest BCUT2D eigenvalue weighted by molar-refractivity contribution is 7.19. The lowest BCUT2D eigenvalue weighted by atomic mass is 10.2. The zero-order valence-electron chi connectivity index (χ0n) is 7.02. The Balaban J connectivity index is 2.88. The first-order valence-corrected chi connectivity index (χ1v) is 4.65. The number of thiophene rings is 1. The fraction of sp³-hybridized carbons (Fsp3) is 0.200. The molecule has 1 heterocycles. The number of hydrogen-bond donors (Lipinski definition) is 0. The van der Waals surface area contributed by atoms with Crippen LogP contribution in [0.15, 0.2) is 18.2 Å². The number of halogens is 1. The van der Waals surface area contributed by atoms with E-state index in [1.165, 1.54) is 11.3 Å². The lowest BCUT2D eigenvalue weighted by Crippen LogP contribution is -1.76. The Morgan fingerprint density at radius 2 is 1.92 bits per heavy atom. The van der Waals surface area contributed by atoms with Crippen LogP contribution in [0.2, 0.25) is 0 Å². The van der Waals surface area contributed by atoms with Gasteiger partial charge in [-0.05, 0) is 36.9 Å². The second-order valence-electron chi connectivity index (χ2n) is 3.02. The molecule has 0 bridgehead atoms. The fourth-order valence-electron chi connectivity index (χ4n) is 1.38. The maximum Gasteiger partial charge on any atom is 0.141 e. The van der Waals surface area contributed by atoms with Gasteiger partial charge in [0.05, 0.1) is 4.70 Å². The third-order valence-corrected chi connectivity index (χ3v) is 2.91. The standard InChI is InChI=1S/C10H9FS/c1-6-3-8-5-7(2)12-10(8)9(11)4-6/h3-5H,1-2H3. The molecule has 12 heavy (non-hydrogen) atoms. The maximum absolute atomic E-state index is 13.3. The summed E-state index contributed by atoms with van der Waals surface area (Å²) in [6.07, 6.45) is 0.